The summed E-state index contributed by atoms with van der Waals surface area (Å²) < 4.78 is 5.52. The van der Waals surface area contributed by atoms with Gasteiger partial charge < -0.3 is 14.9 Å². The van der Waals surface area contributed by atoms with E-state index >= 15 is 0 Å². The smallest absolute Gasteiger partial charge is 0.146 e. The molecule has 1 aromatic heterocycles. The lowest BCUT2D eigenvalue weighted by Gasteiger charge is -2.14. The average Bonchev–Trinajstić information content (AvgIpc) is 2.27. The topological polar surface area (TPSA) is 62.6 Å². The minimum atomic E-state index is -0.141. The number of rotatable bonds is 5. The van der Waals surface area contributed by atoms with Crippen LogP contribution in [0.25, 0.3) is 0 Å². The maximum absolute atomic E-state index is 9.24. The molecule has 1 aromatic rings. The molecule has 15 heavy (non-hydrogen) atoms. The van der Waals surface area contributed by atoms with Crippen molar-refractivity contribution in [2.75, 3.05) is 6.61 Å². The standard InChI is InChI=1S/C11H17NO3/c1-3-4-15-11-8(2)12-5-9(6-13)10(11)7-14/h5,13-14H,3-4,6-7H2,1-2H3. The molecule has 0 atom stereocenters. The molecule has 0 spiro atoms. The van der Waals surface area contributed by atoms with Gasteiger partial charge in [-0.1, -0.05) is 6.92 Å². The van der Waals surface area contributed by atoms with E-state index in [9.17, 15) is 5.11 Å². The largest absolute Gasteiger partial charge is 0.491 e. The molecule has 0 fully saturated rings. The van der Waals surface area contributed by atoms with Gasteiger partial charge in [-0.2, -0.15) is 0 Å². The Kier molecular flexibility index (Phi) is 4.52. The van der Waals surface area contributed by atoms with Crippen LogP contribution >= 0.6 is 0 Å². The number of aliphatic hydroxyl groups is 2. The van der Waals surface area contributed by atoms with Crippen molar-refractivity contribution >= 4 is 0 Å². The number of aryl methyl sites for hydroxylation is 1. The molecular formula is C11H17NO3. The normalized spacial score (nSPS) is 10.4. The monoisotopic (exact) mass is 211 g/mol. The van der Waals surface area contributed by atoms with E-state index in [-0.39, 0.29) is 13.2 Å². The van der Waals surface area contributed by atoms with Crippen LogP contribution in [0, 0.1) is 6.92 Å². The Balaban J connectivity index is 3.07. The van der Waals surface area contributed by atoms with Crippen LogP contribution in [0.15, 0.2) is 6.20 Å². The Morgan fingerprint density at radius 2 is 2.07 bits per heavy atom. The summed E-state index contributed by atoms with van der Waals surface area (Å²) >= 11 is 0. The first-order chi connectivity index (χ1) is 7.24. The highest BCUT2D eigenvalue weighted by atomic mass is 16.5. The predicted molar refractivity (Wildman–Crippen MR) is 56.6 cm³/mol. The quantitative estimate of drug-likeness (QED) is 0.767. The average molecular weight is 211 g/mol. The van der Waals surface area contributed by atoms with Crippen molar-refractivity contribution in [3.63, 3.8) is 0 Å². The van der Waals surface area contributed by atoms with Crippen molar-refractivity contribution in [1.82, 2.24) is 4.98 Å². The first-order valence-electron chi connectivity index (χ1n) is 5.06. The van der Waals surface area contributed by atoms with Gasteiger partial charge in [0.1, 0.15) is 5.75 Å². The number of pyridine rings is 1. The molecule has 84 valence electrons. The van der Waals surface area contributed by atoms with E-state index in [1.54, 1.807) is 6.20 Å². The van der Waals surface area contributed by atoms with Crippen molar-refractivity contribution < 1.29 is 14.9 Å². The second kappa shape index (κ2) is 5.68. The molecule has 0 aromatic carbocycles. The Bertz CT molecular complexity index is 326. The number of hydrogen-bond donors (Lipinski definition) is 2. The van der Waals surface area contributed by atoms with E-state index in [4.69, 9.17) is 9.84 Å². The molecule has 1 heterocycles. The van der Waals surface area contributed by atoms with Crippen molar-refractivity contribution in [3.05, 3.63) is 23.0 Å². The number of ether oxygens (including phenoxy) is 1. The summed E-state index contributed by atoms with van der Waals surface area (Å²) in [5.41, 5.74) is 2.00. The summed E-state index contributed by atoms with van der Waals surface area (Å²) in [6.07, 6.45) is 2.47. The van der Waals surface area contributed by atoms with Gasteiger partial charge in [-0.05, 0) is 13.3 Å². The fourth-order valence-electron chi connectivity index (χ4n) is 1.38. The lowest BCUT2D eigenvalue weighted by atomic mass is 10.1. The van der Waals surface area contributed by atoms with E-state index in [1.807, 2.05) is 13.8 Å². The first kappa shape index (κ1) is 11.9. The third-order valence-electron chi connectivity index (χ3n) is 2.18. The molecule has 0 aliphatic carbocycles. The van der Waals surface area contributed by atoms with Gasteiger partial charge in [0.15, 0.2) is 0 Å². The highest BCUT2D eigenvalue weighted by molar-refractivity contribution is 5.41. The zero-order valence-electron chi connectivity index (χ0n) is 9.16. The van der Waals surface area contributed by atoms with Crippen molar-refractivity contribution in [3.8, 4) is 5.75 Å². The minimum absolute atomic E-state index is 0.133. The van der Waals surface area contributed by atoms with E-state index < -0.39 is 0 Å². The van der Waals surface area contributed by atoms with Gasteiger partial charge in [-0.15, -0.1) is 0 Å². The van der Waals surface area contributed by atoms with E-state index in [2.05, 4.69) is 4.98 Å². The fourth-order valence-corrected chi connectivity index (χ4v) is 1.38. The van der Waals surface area contributed by atoms with Crippen LogP contribution < -0.4 is 4.74 Å². The van der Waals surface area contributed by atoms with E-state index in [1.165, 1.54) is 0 Å². The molecular weight excluding hydrogens is 194 g/mol. The summed E-state index contributed by atoms with van der Waals surface area (Å²) in [4.78, 5) is 4.12. The SMILES string of the molecule is CCCOc1c(C)ncc(CO)c1CO. The summed E-state index contributed by atoms with van der Waals surface area (Å²) in [5.74, 6) is 0.603. The van der Waals surface area contributed by atoms with Gasteiger partial charge >= 0.3 is 0 Å². The number of aromatic nitrogens is 1. The van der Waals surface area contributed by atoms with Gasteiger partial charge in [0, 0.05) is 17.3 Å². The van der Waals surface area contributed by atoms with E-state index in [0.717, 1.165) is 12.1 Å². The molecule has 2 N–H and O–H groups in total. The van der Waals surface area contributed by atoms with E-state index in [0.29, 0.717) is 23.5 Å². The van der Waals surface area contributed by atoms with Crippen molar-refractivity contribution in [1.29, 1.82) is 0 Å². The third kappa shape index (κ3) is 2.67. The second-order valence-corrected chi connectivity index (χ2v) is 3.34. The summed E-state index contributed by atoms with van der Waals surface area (Å²) in [5, 5.41) is 18.3. The third-order valence-corrected chi connectivity index (χ3v) is 2.18. The predicted octanol–water partition coefficient (Wildman–Crippen LogP) is 1.16. The molecule has 0 amide bonds. The number of hydrogen-bond acceptors (Lipinski definition) is 4. The van der Waals surface area contributed by atoms with Crippen LogP contribution in [0.3, 0.4) is 0 Å². The highest BCUT2D eigenvalue weighted by Crippen LogP contribution is 2.25. The second-order valence-electron chi connectivity index (χ2n) is 3.34. The van der Waals surface area contributed by atoms with Crippen molar-refractivity contribution in [2.45, 2.75) is 33.5 Å². The van der Waals surface area contributed by atoms with Crippen LogP contribution in [-0.2, 0) is 13.2 Å². The van der Waals surface area contributed by atoms with Gasteiger partial charge in [-0.3, -0.25) is 4.98 Å². The van der Waals surface area contributed by atoms with Gasteiger partial charge in [0.2, 0.25) is 0 Å². The molecule has 0 unspecified atom stereocenters. The van der Waals surface area contributed by atoms with Crippen LogP contribution in [0.4, 0.5) is 0 Å². The Morgan fingerprint density at radius 1 is 1.33 bits per heavy atom. The lowest BCUT2D eigenvalue weighted by molar-refractivity contribution is 0.245. The van der Waals surface area contributed by atoms with Crippen LogP contribution in [0.2, 0.25) is 0 Å². The molecule has 0 aliphatic heterocycles. The minimum Gasteiger partial charge on any atom is -0.491 e. The van der Waals surface area contributed by atoms with Gasteiger partial charge in [0.25, 0.3) is 0 Å². The van der Waals surface area contributed by atoms with Gasteiger partial charge in [0.05, 0.1) is 25.5 Å². The van der Waals surface area contributed by atoms with Gasteiger partial charge in [-0.25, -0.2) is 0 Å². The highest BCUT2D eigenvalue weighted by Gasteiger charge is 2.12. The van der Waals surface area contributed by atoms with Crippen molar-refractivity contribution in [2.24, 2.45) is 0 Å². The maximum atomic E-state index is 9.24. The zero-order chi connectivity index (χ0) is 11.3. The summed E-state index contributed by atoms with van der Waals surface area (Å²) in [6.45, 7) is 4.15. The molecule has 0 radical (unpaired) electrons. The summed E-state index contributed by atoms with van der Waals surface area (Å²) in [7, 11) is 0. The zero-order valence-corrected chi connectivity index (χ0v) is 9.16. The molecule has 0 saturated carbocycles. The summed E-state index contributed by atoms with van der Waals surface area (Å²) in [6, 6.07) is 0. The number of nitrogens with zero attached hydrogens (tertiary/aromatic N) is 1. The lowest BCUT2D eigenvalue weighted by Crippen LogP contribution is -2.06. The number of aliphatic hydroxyl groups excluding tert-OH is 2. The van der Waals surface area contributed by atoms with Crippen LogP contribution in [0.5, 0.6) is 5.75 Å². The maximum Gasteiger partial charge on any atom is 0.146 e. The molecule has 0 bridgehead atoms. The van der Waals surface area contributed by atoms with Crippen LogP contribution in [0.1, 0.15) is 30.2 Å². The Hall–Kier alpha value is -1.13. The molecule has 4 nitrogen and oxygen atoms in total. The Morgan fingerprint density at radius 3 is 2.60 bits per heavy atom. The van der Waals surface area contributed by atoms with Crippen LogP contribution in [-0.4, -0.2) is 21.8 Å². The molecule has 0 saturated heterocycles. The fraction of sp³-hybridized carbons (Fsp3) is 0.545. The molecule has 1 rings (SSSR count). The first-order valence-corrected chi connectivity index (χ1v) is 5.06. The molecule has 4 heteroatoms. The molecule has 0 aliphatic rings. The Labute approximate surface area is 89.5 Å².